The van der Waals surface area contributed by atoms with Gasteiger partial charge in [-0.2, -0.15) is 5.10 Å². The second-order valence-corrected chi connectivity index (χ2v) is 10.3. The molecule has 4 heterocycles. The fraction of sp³-hybridized carbons (Fsp3) is 0.565. The van der Waals surface area contributed by atoms with Gasteiger partial charge in [-0.05, 0) is 55.5 Å². The maximum atomic E-state index is 13.6. The van der Waals surface area contributed by atoms with Gasteiger partial charge in [0.25, 0.3) is 5.91 Å². The maximum absolute atomic E-state index is 13.6. The lowest BCUT2D eigenvalue weighted by atomic mass is 9.73. The Bertz CT molecular complexity index is 978. The standard InChI is InChI=1S/C23H31N5O3S/c1-16(2)13-23(21(30)28(22(31)24-23)14-19-5-4-12-32-19)18-7-9-26(10-8-18)20(29)15-27-11-6-17(3)25-27/h4-6,11-12,16,18H,7-10,13-15H2,1-3H3,(H,24,31). The Morgan fingerprint density at radius 2 is 2.03 bits per heavy atom. The molecule has 0 spiro atoms. The van der Waals surface area contributed by atoms with Gasteiger partial charge in [-0.25, -0.2) is 4.79 Å². The highest BCUT2D eigenvalue weighted by molar-refractivity contribution is 7.09. The summed E-state index contributed by atoms with van der Waals surface area (Å²) in [5.74, 6) is 0.168. The van der Waals surface area contributed by atoms with E-state index in [1.54, 1.807) is 16.0 Å². The number of aromatic nitrogens is 2. The first-order valence-corrected chi connectivity index (χ1v) is 12.1. The van der Waals surface area contributed by atoms with E-state index in [2.05, 4.69) is 24.3 Å². The summed E-state index contributed by atoms with van der Waals surface area (Å²) >= 11 is 1.54. The third-order valence-electron chi connectivity index (χ3n) is 6.44. The summed E-state index contributed by atoms with van der Waals surface area (Å²) in [6.07, 6.45) is 3.79. The van der Waals surface area contributed by atoms with E-state index in [-0.39, 0.29) is 36.2 Å². The van der Waals surface area contributed by atoms with Crippen LogP contribution in [0.15, 0.2) is 29.8 Å². The number of nitrogens with one attached hydrogen (secondary N) is 1. The molecular weight excluding hydrogens is 426 g/mol. The summed E-state index contributed by atoms with van der Waals surface area (Å²) in [6, 6.07) is 5.44. The van der Waals surface area contributed by atoms with Crippen molar-refractivity contribution in [3.05, 3.63) is 40.3 Å². The van der Waals surface area contributed by atoms with Gasteiger partial charge < -0.3 is 10.2 Å². The van der Waals surface area contributed by atoms with Crippen LogP contribution in [0.3, 0.4) is 0 Å². The van der Waals surface area contributed by atoms with E-state index in [4.69, 9.17) is 0 Å². The van der Waals surface area contributed by atoms with Crippen molar-refractivity contribution in [1.82, 2.24) is 24.9 Å². The molecule has 1 unspecified atom stereocenters. The van der Waals surface area contributed by atoms with Gasteiger partial charge in [0.2, 0.25) is 5.91 Å². The Hall–Kier alpha value is -2.68. The normalized spacial score (nSPS) is 22.1. The van der Waals surface area contributed by atoms with Crippen molar-refractivity contribution in [1.29, 1.82) is 0 Å². The molecule has 0 radical (unpaired) electrons. The van der Waals surface area contributed by atoms with Crippen molar-refractivity contribution in [2.24, 2.45) is 11.8 Å². The number of nitrogens with zero attached hydrogens (tertiary/aromatic N) is 4. The molecule has 0 aromatic carbocycles. The number of carbonyl (C=O) groups is 3. The molecule has 9 heteroatoms. The topological polar surface area (TPSA) is 87.5 Å². The molecule has 4 rings (SSSR count). The van der Waals surface area contributed by atoms with Gasteiger partial charge in [0.1, 0.15) is 12.1 Å². The number of hydrogen-bond donors (Lipinski definition) is 1. The van der Waals surface area contributed by atoms with E-state index in [9.17, 15) is 14.4 Å². The van der Waals surface area contributed by atoms with Crippen LogP contribution in [-0.4, -0.2) is 56.1 Å². The van der Waals surface area contributed by atoms with Gasteiger partial charge in [0, 0.05) is 24.2 Å². The summed E-state index contributed by atoms with van der Waals surface area (Å²) in [4.78, 5) is 43.4. The predicted molar refractivity (Wildman–Crippen MR) is 122 cm³/mol. The van der Waals surface area contributed by atoms with Crippen molar-refractivity contribution in [3.63, 3.8) is 0 Å². The van der Waals surface area contributed by atoms with Crippen molar-refractivity contribution in [2.75, 3.05) is 13.1 Å². The lowest BCUT2D eigenvalue weighted by Gasteiger charge is -2.41. The average Bonchev–Trinajstić information content (AvgIpc) is 3.46. The van der Waals surface area contributed by atoms with Crippen LogP contribution in [0.25, 0.3) is 0 Å². The van der Waals surface area contributed by atoms with Crippen LogP contribution in [-0.2, 0) is 22.7 Å². The van der Waals surface area contributed by atoms with Gasteiger partial charge >= 0.3 is 6.03 Å². The number of urea groups is 1. The number of imide groups is 1. The number of rotatable bonds is 7. The van der Waals surface area contributed by atoms with Crippen molar-refractivity contribution < 1.29 is 14.4 Å². The highest BCUT2D eigenvalue weighted by Crippen LogP contribution is 2.39. The van der Waals surface area contributed by atoms with Crippen LogP contribution < -0.4 is 5.32 Å². The van der Waals surface area contributed by atoms with E-state index in [0.717, 1.165) is 10.6 Å². The van der Waals surface area contributed by atoms with E-state index in [0.29, 0.717) is 38.9 Å². The maximum Gasteiger partial charge on any atom is 0.325 e. The second kappa shape index (κ2) is 9.05. The molecule has 2 aliphatic rings. The van der Waals surface area contributed by atoms with Crippen LogP contribution in [0.4, 0.5) is 4.79 Å². The molecule has 2 aromatic heterocycles. The highest BCUT2D eigenvalue weighted by atomic mass is 32.1. The Balaban J connectivity index is 1.45. The number of hydrogen-bond acceptors (Lipinski definition) is 5. The number of aryl methyl sites for hydroxylation is 1. The Morgan fingerprint density at radius 1 is 1.28 bits per heavy atom. The fourth-order valence-electron chi connectivity index (χ4n) is 4.98. The third-order valence-corrected chi connectivity index (χ3v) is 7.30. The van der Waals surface area contributed by atoms with E-state index in [1.165, 1.54) is 4.90 Å². The second-order valence-electron chi connectivity index (χ2n) is 9.28. The minimum absolute atomic E-state index is 0.00526. The molecule has 32 heavy (non-hydrogen) atoms. The fourth-order valence-corrected chi connectivity index (χ4v) is 5.68. The molecular formula is C23H31N5O3S. The van der Waals surface area contributed by atoms with Gasteiger partial charge in [0.15, 0.2) is 0 Å². The molecule has 172 valence electrons. The number of piperidine rings is 1. The van der Waals surface area contributed by atoms with E-state index >= 15 is 0 Å². The van der Waals surface area contributed by atoms with Crippen LogP contribution in [0.5, 0.6) is 0 Å². The predicted octanol–water partition coefficient (Wildman–Crippen LogP) is 3.03. The lowest BCUT2D eigenvalue weighted by molar-refractivity contribution is -0.137. The number of amides is 4. The first-order valence-electron chi connectivity index (χ1n) is 11.2. The number of thiophene rings is 1. The zero-order chi connectivity index (χ0) is 22.9. The highest BCUT2D eigenvalue weighted by Gasteiger charge is 2.56. The summed E-state index contributed by atoms with van der Waals surface area (Å²) in [5.41, 5.74) is -0.00812. The number of likely N-dealkylation sites (tertiary alicyclic amines) is 1. The molecule has 2 saturated heterocycles. The van der Waals surface area contributed by atoms with E-state index < -0.39 is 5.54 Å². The van der Waals surface area contributed by atoms with Gasteiger partial charge in [-0.1, -0.05) is 19.9 Å². The van der Waals surface area contributed by atoms with Crippen molar-refractivity contribution in [2.45, 2.75) is 58.7 Å². The largest absolute Gasteiger partial charge is 0.341 e. The van der Waals surface area contributed by atoms with Crippen LogP contribution in [0.1, 0.15) is 43.7 Å². The monoisotopic (exact) mass is 457 g/mol. The third kappa shape index (κ3) is 4.44. The molecule has 4 amide bonds. The average molecular weight is 458 g/mol. The minimum Gasteiger partial charge on any atom is -0.341 e. The van der Waals surface area contributed by atoms with Crippen LogP contribution >= 0.6 is 11.3 Å². The number of carbonyl (C=O) groups excluding carboxylic acids is 3. The summed E-state index contributed by atoms with van der Waals surface area (Å²) in [5, 5.41) is 9.34. The Morgan fingerprint density at radius 3 is 2.62 bits per heavy atom. The summed E-state index contributed by atoms with van der Waals surface area (Å²) in [6.45, 7) is 7.75. The SMILES string of the molecule is Cc1ccn(CC(=O)N2CCC(C3(CC(C)C)NC(=O)N(Cc4cccs4)C3=O)CC2)n1. The molecule has 0 bridgehead atoms. The molecule has 0 aliphatic carbocycles. The molecule has 1 N–H and O–H groups in total. The zero-order valence-corrected chi connectivity index (χ0v) is 19.7. The Kier molecular flexibility index (Phi) is 6.37. The first-order chi connectivity index (χ1) is 15.3. The van der Waals surface area contributed by atoms with Gasteiger partial charge in [-0.15, -0.1) is 11.3 Å². The molecule has 1 atom stereocenters. The summed E-state index contributed by atoms with van der Waals surface area (Å²) in [7, 11) is 0. The molecule has 2 fully saturated rings. The zero-order valence-electron chi connectivity index (χ0n) is 18.9. The first kappa shape index (κ1) is 22.5. The van der Waals surface area contributed by atoms with E-state index in [1.807, 2.05) is 41.6 Å². The van der Waals surface area contributed by atoms with Crippen LogP contribution in [0, 0.1) is 18.8 Å². The molecule has 8 nitrogen and oxygen atoms in total. The van der Waals surface area contributed by atoms with Crippen LogP contribution in [0.2, 0.25) is 0 Å². The quantitative estimate of drug-likeness (QED) is 0.648. The summed E-state index contributed by atoms with van der Waals surface area (Å²) < 4.78 is 1.66. The lowest BCUT2D eigenvalue weighted by Crippen LogP contribution is -2.57. The Labute approximate surface area is 192 Å². The smallest absolute Gasteiger partial charge is 0.325 e. The van der Waals surface area contributed by atoms with Crippen molar-refractivity contribution >= 4 is 29.2 Å². The minimum atomic E-state index is -0.892. The molecule has 2 aromatic rings. The molecule has 2 aliphatic heterocycles. The molecule has 0 saturated carbocycles. The van der Waals surface area contributed by atoms with Crippen molar-refractivity contribution in [3.8, 4) is 0 Å². The van der Waals surface area contributed by atoms with Gasteiger partial charge in [0.05, 0.1) is 12.2 Å². The van der Waals surface area contributed by atoms with Gasteiger partial charge in [-0.3, -0.25) is 19.2 Å².